The van der Waals surface area contributed by atoms with Crippen LogP contribution in [-0.4, -0.2) is 33.1 Å². The van der Waals surface area contributed by atoms with Crippen molar-refractivity contribution in [2.75, 3.05) is 12.4 Å². The lowest BCUT2D eigenvalue weighted by atomic mass is 10.2. The normalized spacial score (nSPS) is 12.3. The molecule has 1 atom stereocenters. The number of hydrogen-bond donors (Lipinski definition) is 1. The molecule has 142 valence electrons. The molecule has 0 saturated heterocycles. The van der Waals surface area contributed by atoms with E-state index in [9.17, 15) is 9.90 Å². The molecular formula is C21H24N2O3S. The molecule has 3 aromatic rings. The van der Waals surface area contributed by atoms with Gasteiger partial charge in [0.25, 0.3) is 5.56 Å². The number of aliphatic hydroxyl groups is 1. The van der Waals surface area contributed by atoms with Gasteiger partial charge in [0.2, 0.25) is 0 Å². The van der Waals surface area contributed by atoms with E-state index in [1.54, 1.807) is 10.6 Å². The first-order valence-corrected chi connectivity index (χ1v) is 10.1. The van der Waals surface area contributed by atoms with Crippen LogP contribution in [0.25, 0.3) is 10.9 Å². The summed E-state index contributed by atoms with van der Waals surface area (Å²) in [6.07, 6.45) is 0.182. The van der Waals surface area contributed by atoms with Crippen LogP contribution < -0.4 is 10.3 Å². The minimum Gasteiger partial charge on any atom is -0.491 e. The minimum absolute atomic E-state index is 0.0321. The number of nitrogens with zero attached hydrogens (tertiary/aromatic N) is 2. The van der Waals surface area contributed by atoms with Crippen molar-refractivity contribution in [2.45, 2.75) is 38.1 Å². The van der Waals surface area contributed by atoms with Gasteiger partial charge in [-0.1, -0.05) is 48.5 Å². The summed E-state index contributed by atoms with van der Waals surface area (Å²) in [5.74, 6) is 1.14. The van der Waals surface area contributed by atoms with Gasteiger partial charge >= 0.3 is 0 Å². The molecule has 1 aromatic heterocycles. The summed E-state index contributed by atoms with van der Waals surface area (Å²) in [4.78, 5) is 17.4. The molecule has 0 amide bonds. The van der Waals surface area contributed by atoms with E-state index in [0.717, 1.165) is 17.7 Å². The number of aromatic nitrogens is 2. The van der Waals surface area contributed by atoms with Gasteiger partial charge in [-0.15, -0.1) is 0 Å². The third kappa shape index (κ3) is 4.90. The van der Waals surface area contributed by atoms with Crippen LogP contribution in [0.1, 0.15) is 18.9 Å². The summed E-state index contributed by atoms with van der Waals surface area (Å²) >= 11 is 1.38. The highest BCUT2D eigenvalue weighted by molar-refractivity contribution is 7.99. The van der Waals surface area contributed by atoms with Crippen molar-refractivity contribution >= 4 is 22.7 Å². The number of ether oxygens (including phenoxy) is 1. The molecule has 2 aromatic carbocycles. The van der Waals surface area contributed by atoms with Crippen molar-refractivity contribution < 1.29 is 9.84 Å². The van der Waals surface area contributed by atoms with E-state index in [0.29, 0.717) is 28.4 Å². The van der Waals surface area contributed by atoms with E-state index in [1.807, 2.05) is 56.3 Å². The topological polar surface area (TPSA) is 64.3 Å². The number of thioether (sulfide) groups is 1. The fourth-order valence-corrected chi connectivity index (χ4v) is 3.66. The van der Waals surface area contributed by atoms with Crippen molar-refractivity contribution in [3.63, 3.8) is 0 Å². The highest BCUT2D eigenvalue weighted by atomic mass is 32.2. The van der Waals surface area contributed by atoms with E-state index in [4.69, 9.17) is 4.74 Å². The van der Waals surface area contributed by atoms with Gasteiger partial charge in [0.1, 0.15) is 12.4 Å². The van der Waals surface area contributed by atoms with E-state index in [1.165, 1.54) is 11.8 Å². The Morgan fingerprint density at radius 2 is 1.93 bits per heavy atom. The zero-order valence-corrected chi connectivity index (χ0v) is 16.4. The second kappa shape index (κ2) is 9.06. The molecule has 0 spiro atoms. The molecule has 0 aliphatic heterocycles. The maximum Gasteiger partial charge on any atom is 0.262 e. The average Bonchev–Trinajstić information content (AvgIpc) is 2.68. The van der Waals surface area contributed by atoms with Gasteiger partial charge in [-0.3, -0.25) is 9.36 Å². The molecule has 0 fully saturated rings. The molecule has 0 bridgehead atoms. The highest BCUT2D eigenvalue weighted by Crippen LogP contribution is 2.19. The Labute approximate surface area is 163 Å². The lowest BCUT2D eigenvalue weighted by molar-refractivity contribution is 0.126. The van der Waals surface area contributed by atoms with Crippen LogP contribution in [0.5, 0.6) is 5.75 Å². The predicted octanol–water partition coefficient (Wildman–Crippen LogP) is 3.65. The third-order valence-electron chi connectivity index (χ3n) is 4.14. The van der Waals surface area contributed by atoms with Gasteiger partial charge in [-0.2, -0.15) is 0 Å². The molecule has 5 nitrogen and oxygen atoms in total. The number of aryl methyl sites for hydroxylation is 1. The lowest BCUT2D eigenvalue weighted by Gasteiger charge is -2.15. The number of aliphatic hydroxyl groups excluding tert-OH is 1. The first kappa shape index (κ1) is 19.5. The van der Waals surface area contributed by atoms with E-state index in [2.05, 4.69) is 4.98 Å². The summed E-state index contributed by atoms with van der Waals surface area (Å²) in [5, 5.41) is 11.5. The van der Waals surface area contributed by atoms with Crippen LogP contribution in [0.15, 0.2) is 58.5 Å². The van der Waals surface area contributed by atoms with Crippen molar-refractivity contribution in [1.29, 1.82) is 0 Å². The largest absolute Gasteiger partial charge is 0.491 e. The maximum absolute atomic E-state index is 12.7. The molecule has 0 aliphatic rings. The van der Waals surface area contributed by atoms with Gasteiger partial charge < -0.3 is 9.84 Å². The van der Waals surface area contributed by atoms with Crippen molar-refractivity contribution in [1.82, 2.24) is 9.55 Å². The minimum atomic E-state index is -0.658. The molecule has 0 aliphatic carbocycles. The molecule has 6 heteroatoms. The van der Waals surface area contributed by atoms with Crippen molar-refractivity contribution in [3.8, 4) is 5.75 Å². The van der Waals surface area contributed by atoms with Crippen LogP contribution in [-0.2, 0) is 6.54 Å². The van der Waals surface area contributed by atoms with Crippen molar-refractivity contribution in [2.24, 2.45) is 0 Å². The Morgan fingerprint density at radius 1 is 1.19 bits per heavy atom. The molecule has 1 heterocycles. The van der Waals surface area contributed by atoms with Crippen LogP contribution in [0.3, 0.4) is 0 Å². The molecule has 1 N–H and O–H groups in total. The monoisotopic (exact) mass is 384 g/mol. The van der Waals surface area contributed by atoms with Gasteiger partial charge in [0.15, 0.2) is 5.16 Å². The fraction of sp³-hybridized carbons (Fsp3) is 0.333. The van der Waals surface area contributed by atoms with Crippen LogP contribution in [0.2, 0.25) is 0 Å². The fourth-order valence-electron chi connectivity index (χ4n) is 2.72. The first-order chi connectivity index (χ1) is 13.1. The van der Waals surface area contributed by atoms with Gasteiger partial charge in [0, 0.05) is 12.3 Å². The second-order valence-electron chi connectivity index (χ2n) is 6.46. The van der Waals surface area contributed by atoms with Gasteiger partial charge in [-0.25, -0.2) is 4.98 Å². The second-order valence-corrected chi connectivity index (χ2v) is 7.44. The average molecular weight is 385 g/mol. The molecule has 0 unspecified atom stereocenters. The van der Waals surface area contributed by atoms with Crippen LogP contribution in [0, 0.1) is 6.92 Å². The molecule has 3 rings (SSSR count). The Kier molecular flexibility index (Phi) is 6.53. The quantitative estimate of drug-likeness (QED) is 0.474. The standard InChI is InChI=1S/C21H24N2O3S/c1-3-12-23-20(25)18-6-4-5-7-19(18)22-21(23)27-14-16(24)13-26-17-10-8-15(2)9-11-17/h4-11,16,24H,3,12-14H2,1-2H3/t16-/m1/s1. The first-order valence-electron chi connectivity index (χ1n) is 9.08. The van der Waals surface area contributed by atoms with E-state index < -0.39 is 6.10 Å². The summed E-state index contributed by atoms with van der Waals surface area (Å²) in [7, 11) is 0. The Bertz CT molecular complexity index is 954. The summed E-state index contributed by atoms with van der Waals surface area (Å²) in [6, 6.07) is 15.1. The SMILES string of the molecule is CCCn1c(SC[C@H](O)COc2ccc(C)cc2)nc2ccccc2c1=O. The number of para-hydroxylation sites is 1. The smallest absolute Gasteiger partial charge is 0.262 e. The van der Waals surface area contributed by atoms with Gasteiger partial charge in [-0.05, 0) is 37.6 Å². The van der Waals surface area contributed by atoms with Crippen LogP contribution >= 0.6 is 11.8 Å². The zero-order chi connectivity index (χ0) is 19.2. The lowest BCUT2D eigenvalue weighted by Crippen LogP contribution is -2.25. The Balaban J connectivity index is 1.69. The van der Waals surface area contributed by atoms with Gasteiger partial charge in [0.05, 0.1) is 17.0 Å². The number of fused-ring (bicyclic) bond motifs is 1. The molecule has 27 heavy (non-hydrogen) atoms. The summed E-state index contributed by atoms with van der Waals surface area (Å²) in [6.45, 7) is 4.85. The third-order valence-corrected chi connectivity index (χ3v) is 5.26. The highest BCUT2D eigenvalue weighted by Gasteiger charge is 2.13. The molecular weight excluding hydrogens is 360 g/mol. The van der Waals surface area contributed by atoms with E-state index >= 15 is 0 Å². The Hall–Kier alpha value is -2.31. The molecule has 0 saturated carbocycles. The maximum atomic E-state index is 12.7. The summed E-state index contributed by atoms with van der Waals surface area (Å²) < 4.78 is 7.33. The zero-order valence-electron chi connectivity index (χ0n) is 15.6. The number of rotatable bonds is 8. The predicted molar refractivity (Wildman–Crippen MR) is 110 cm³/mol. The number of benzene rings is 2. The van der Waals surface area contributed by atoms with Crippen molar-refractivity contribution in [3.05, 3.63) is 64.4 Å². The molecule has 0 radical (unpaired) electrons. The number of hydrogen-bond acceptors (Lipinski definition) is 5. The summed E-state index contributed by atoms with van der Waals surface area (Å²) in [5.41, 5.74) is 1.81. The van der Waals surface area contributed by atoms with E-state index in [-0.39, 0.29) is 12.2 Å². The Morgan fingerprint density at radius 3 is 2.67 bits per heavy atom. The van der Waals surface area contributed by atoms with Crippen LogP contribution in [0.4, 0.5) is 0 Å².